The third-order valence-corrected chi connectivity index (χ3v) is 2.56. The van der Waals surface area contributed by atoms with Gasteiger partial charge in [-0.2, -0.15) is 0 Å². The molecule has 0 aromatic carbocycles. The summed E-state index contributed by atoms with van der Waals surface area (Å²) in [6, 6.07) is -0.852. The highest BCUT2D eigenvalue weighted by Crippen LogP contribution is 2.19. The highest BCUT2D eigenvalue weighted by Gasteiger charge is 2.43. The summed E-state index contributed by atoms with van der Waals surface area (Å²) in [5.74, 6) is -1.01. The average Bonchev–Trinajstić information content (AvgIpc) is 2.40. The smallest absolute Gasteiger partial charge is 0.411 e. The normalized spacial score (nSPS) is 25.0. The third kappa shape index (κ3) is 2.85. The van der Waals surface area contributed by atoms with Crippen molar-refractivity contribution in [2.75, 3.05) is 27.2 Å². The first-order valence-electron chi connectivity index (χ1n) is 5.28. The van der Waals surface area contributed by atoms with Gasteiger partial charge in [-0.05, 0) is 34.0 Å². The minimum Gasteiger partial charge on any atom is -0.480 e. The van der Waals surface area contributed by atoms with Gasteiger partial charge in [-0.3, -0.25) is 4.90 Å². The van der Waals surface area contributed by atoms with Gasteiger partial charge in [0.05, 0.1) is 0 Å². The van der Waals surface area contributed by atoms with E-state index in [0.717, 1.165) is 13.0 Å². The van der Waals surface area contributed by atoms with E-state index in [4.69, 9.17) is 9.84 Å². The van der Waals surface area contributed by atoms with E-state index < -0.39 is 24.2 Å². The molecule has 2 atom stereocenters. The van der Waals surface area contributed by atoms with Crippen LogP contribution in [0.15, 0.2) is 0 Å². The Morgan fingerprint density at radius 1 is 1.56 bits per heavy atom. The number of carbonyl (C=O) groups excluding carboxylic acids is 1. The number of hydrogen-bond donors (Lipinski definition) is 1. The predicted molar refractivity (Wildman–Crippen MR) is 57.2 cm³/mol. The quantitative estimate of drug-likeness (QED) is 0.732. The van der Waals surface area contributed by atoms with Gasteiger partial charge in [-0.25, -0.2) is 9.59 Å². The van der Waals surface area contributed by atoms with Gasteiger partial charge < -0.3 is 14.7 Å². The fourth-order valence-electron chi connectivity index (χ4n) is 1.78. The van der Waals surface area contributed by atoms with E-state index in [2.05, 4.69) is 0 Å². The summed E-state index contributed by atoms with van der Waals surface area (Å²) >= 11 is 0. The van der Waals surface area contributed by atoms with Crippen molar-refractivity contribution in [1.29, 1.82) is 0 Å². The number of amides is 1. The van der Waals surface area contributed by atoms with Crippen LogP contribution in [0.4, 0.5) is 4.79 Å². The zero-order chi connectivity index (χ0) is 12.3. The van der Waals surface area contributed by atoms with Crippen LogP contribution in [0.1, 0.15) is 13.3 Å². The zero-order valence-electron chi connectivity index (χ0n) is 9.84. The number of carbonyl (C=O) groups is 2. The first kappa shape index (κ1) is 12.8. The monoisotopic (exact) mass is 230 g/mol. The lowest BCUT2D eigenvalue weighted by molar-refractivity contribution is -0.142. The van der Waals surface area contributed by atoms with Gasteiger partial charge in [0, 0.05) is 6.54 Å². The van der Waals surface area contributed by atoms with E-state index in [1.807, 2.05) is 19.0 Å². The van der Waals surface area contributed by atoms with Gasteiger partial charge in [0.2, 0.25) is 0 Å². The van der Waals surface area contributed by atoms with Gasteiger partial charge in [0.15, 0.2) is 6.04 Å². The van der Waals surface area contributed by atoms with Crippen molar-refractivity contribution in [1.82, 2.24) is 9.80 Å². The fraction of sp³-hybridized carbons (Fsp3) is 0.800. The molecule has 1 aliphatic rings. The van der Waals surface area contributed by atoms with E-state index in [1.54, 1.807) is 6.92 Å². The standard InChI is InChI=1S/C10H18N2O4/c1-7-8(9(13)14)12(10(15)16-7)6-4-5-11(2)3/h7-8H,4-6H2,1-3H3,(H,13,14). The summed E-state index contributed by atoms with van der Waals surface area (Å²) in [5.41, 5.74) is 0. The summed E-state index contributed by atoms with van der Waals surface area (Å²) in [7, 11) is 3.86. The second-order valence-electron chi connectivity index (χ2n) is 4.22. The molecule has 1 rings (SSSR count). The van der Waals surface area contributed by atoms with Gasteiger partial charge >= 0.3 is 12.1 Å². The van der Waals surface area contributed by atoms with Crippen LogP contribution in [0.25, 0.3) is 0 Å². The molecule has 0 spiro atoms. The maximum absolute atomic E-state index is 11.4. The molecule has 0 bridgehead atoms. The van der Waals surface area contributed by atoms with Crippen LogP contribution < -0.4 is 0 Å². The lowest BCUT2D eigenvalue weighted by Crippen LogP contribution is -2.43. The number of ether oxygens (including phenoxy) is 1. The lowest BCUT2D eigenvalue weighted by Gasteiger charge is -2.20. The third-order valence-electron chi connectivity index (χ3n) is 2.56. The van der Waals surface area contributed by atoms with Crippen LogP contribution in [-0.2, 0) is 9.53 Å². The number of cyclic esters (lactones) is 1. The highest BCUT2D eigenvalue weighted by molar-refractivity contribution is 5.83. The first-order valence-corrected chi connectivity index (χ1v) is 5.28. The molecule has 6 nitrogen and oxygen atoms in total. The highest BCUT2D eigenvalue weighted by atomic mass is 16.6. The van der Waals surface area contributed by atoms with Crippen molar-refractivity contribution in [2.45, 2.75) is 25.5 Å². The van der Waals surface area contributed by atoms with Gasteiger partial charge in [0.25, 0.3) is 0 Å². The minimum atomic E-state index is -1.01. The van der Waals surface area contributed by atoms with E-state index in [1.165, 1.54) is 4.90 Å². The molecule has 2 unspecified atom stereocenters. The number of aliphatic carboxylic acids is 1. The molecule has 0 aromatic rings. The van der Waals surface area contributed by atoms with Crippen molar-refractivity contribution >= 4 is 12.1 Å². The molecule has 1 saturated heterocycles. The van der Waals surface area contributed by atoms with E-state index in [9.17, 15) is 9.59 Å². The van der Waals surface area contributed by atoms with Gasteiger partial charge in [0.1, 0.15) is 6.10 Å². The summed E-state index contributed by atoms with van der Waals surface area (Å²) in [6.45, 7) is 2.82. The number of rotatable bonds is 5. The Morgan fingerprint density at radius 3 is 2.69 bits per heavy atom. The first-order chi connectivity index (χ1) is 7.43. The average molecular weight is 230 g/mol. The second kappa shape index (κ2) is 5.16. The molecule has 0 aromatic heterocycles. The van der Waals surface area contributed by atoms with Crippen LogP contribution in [0.3, 0.4) is 0 Å². The Morgan fingerprint density at radius 2 is 2.19 bits per heavy atom. The van der Waals surface area contributed by atoms with Crippen molar-refractivity contribution in [2.24, 2.45) is 0 Å². The summed E-state index contributed by atoms with van der Waals surface area (Å²) in [4.78, 5) is 25.7. The molecule has 0 aliphatic carbocycles. The topological polar surface area (TPSA) is 70.1 Å². The molecular weight excluding hydrogens is 212 g/mol. The molecule has 16 heavy (non-hydrogen) atoms. The molecule has 6 heteroatoms. The van der Waals surface area contributed by atoms with E-state index in [0.29, 0.717) is 6.54 Å². The SMILES string of the molecule is CC1OC(=O)N(CCCN(C)C)C1C(=O)O. The molecule has 1 fully saturated rings. The van der Waals surface area contributed by atoms with Crippen LogP contribution in [0.2, 0.25) is 0 Å². The largest absolute Gasteiger partial charge is 0.480 e. The fourth-order valence-corrected chi connectivity index (χ4v) is 1.78. The van der Waals surface area contributed by atoms with Crippen molar-refractivity contribution in [3.8, 4) is 0 Å². The Kier molecular flexibility index (Phi) is 4.12. The number of nitrogens with zero attached hydrogens (tertiary/aromatic N) is 2. The van der Waals surface area contributed by atoms with Crippen molar-refractivity contribution < 1.29 is 19.4 Å². The Hall–Kier alpha value is -1.30. The van der Waals surface area contributed by atoms with Crippen LogP contribution in [0.5, 0.6) is 0 Å². The summed E-state index contributed by atoms with van der Waals surface area (Å²) in [5, 5.41) is 9.00. The maximum Gasteiger partial charge on any atom is 0.411 e. The van der Waals surface area contributed by atoms with E-state index in [-0.39, 0.29) is 0 Å². The molecule has 1 amide bonds. The summed E-state index contributed by atoms with van der Waals surface area (Å²) < 4.78 is 4.90. The number of carboxylic acids is 1. The molecule has 92 valence electrons. The Balaban J connectivity index is 2.55. The van der Waals surface area contributed by atoms with Gasteiger partial charge in [-0.1, -0.05) is 0 Å². The number of hydrogen-bond acceptors (Lipinski definition) is 4. The van der Waals surface area contributed by atoms with E-state index >= 15 is 0 Å². The minimum absolute atomic E-state index is 0.415. The molecule has 1 heterocycles. The predicted octanol–water partition coefficient (Wildman–Crippen LogP) is 0.232. The number of carboxylic acid groups (broad SMARTS) is 1. The molecule has 1 N–H and O–H groups in total. The van der Waals surface area contributed by atoms with Crippen LogP contribution >= 0.6 is 0 Å². The molecule has 0 radical (unpaired) electrons. The Bertz CT molecular complexity index is 280. The molecular formula is C10H18N2O4. The Labute approximate surface area is 94.8 Å². The van der Waals surface area contributed by atoms with Crippen molar-refractivity contribution in [3.05, 3.63) is 0 Å². The van der Waals surface area contributed by atoms with Crippen LogP contribution in [0, 0.1) is 0 Å². The second-order valence-corrected chi connectivity index (χ2v) is 4.22. The molecule has 0 saturated carbocycles. The zero-order valence-corrected chi connectivity index (χ0v) is 9.84. The maximum atomic E-state index is 11.4. The van der Waals surface area contributed by atoms with Gasteiger partial charge in [-0.15, -0.1) is 0 Å². The summed E-state index contributed by atoms with van der Waals surface area (Å²) in [6.07, 6.45) is -0.374. The molecule has 1 aliphatic heterocycles. The lowest BCUT2D eigenvalue weighted by atomic mass is 10.1. The van der Waals surface area contributed by atoms with Crippen LogP contribution in [-0.4, -0.2) is 66.3 Å². The van der Waals surface area contributed by atoms with Crippen molar-refractivity contribution in [3.63, 3.8) is 0 Å².